The SMILES string of the molecule is COC(=O)[C@]1(C#Cc2ccccc2)CC(=O)c2ccc(-c3ccccc3)cc2O1. The Hall–Kier alpha value is -3.84. The lowest BCUT2D eigenvalue weighted by atomic mass is 9.89. The zero-order valence-corrected chi connectivity index (χ0v) is 15.8. The summed E-state index contributed by atoms with van der Waals surface area (Å²) >= 11 is 0. The molecule has 0 aromatic heterocycles. The van der Waals surface area contributed by atoms with E-state index < -0.39 is 11.6 Å². The summed E-state index contributed by atoms with van der Waals surface area (Å²) in [6, 6.07) is 24.3. The van der Waals surface area contributed by atoms with Crippen LogP contribution in [0.4, 0.5) is 0 Å². The Morgan fingerprint density at radius 3 is 2.34 bits per heavy atom. The third-order valence-electron chi connectivity index (χ3n) is 4.78. The van der Waals surface area contributed by atoms with Gasteiger partial charge < -0.3 is 9.47 Å². The van der Waals surface area contributed by atoms with Gasteiger partial charge in [0.2, 0.25) is 0 Å². The average Bonchev–Trinajstić information content (AvgIpc) is 2.78. The molecule has 4 heteroatoms. The minimum atomic E-state index is -1.68. The maximum Gasteiger partial charge on any atom is 0.363 e. The highest BCUT2D eigenvalue weighted by Crippen LogP contribution is 2.37. The van der Waals surface area contributed by atoms with Gasteiger partial charge in [-0.05, 0) is 41.3 Å². The highest BCUT2D eigenvalue weighted by molar-refractivity contribution is 6.05. The van der Waals surface area contributed by atoms with Crippen LogP contribution in [0.2, 0.25) is 0 Å². The van der Waals surface area contributed by atoms with Crippen LogP contribution in [-0.4, -0.2) is 24.5 Å². The highest BCUT2D eigenvalue weighted by atomic mass is 16.6. The predicted octanol–water partition coefficient (Wildman–Crippen LogP) is 4.28. The molecular weight excluding hydrogens is 364 g/mol. The first kappa shape index (κ1) is 18.5. The molecule has 1 atom stereocenters. The Morgan fingerprint density at radius 2 is 1.66 bits per heavy atom. The molecule has 0 aliphatic carbocycles. The zero-order valence-electron chi connectivity index (χ0n) is 15.8. The Balaban J connectivity index is 1.78. The van der Waals surface area contributed by atoms with E-state index in [4.69, 9.17) is 9.47 Å². The third-order valence-corrected chi connectivity index (χ3v) is 4.78. The van der Waals surface area contributed by atoms with Crippen LogP contribution in [0.1, 0.15) is 22.3 Å². The Labute approximate surface area is 169 Å². The number of carbonyl (C=O) groups excluding carboxylic acids is 2. The number of ketones is 1. The molecule has 3 aromatic rings. The number of benzene rings is 3. The van der Waals surface area contributed by atoms with Crippen molar-refractivity contribution < 1.29 is 19.1 Å². The predicted molar refractivity (Wildman–Crippen MR) is 110 cm³/mol. The molecule has 0 amide bonds. The smallest absolute Gasteiger partial charge is 0.363 e. The van der Waals surface area contributed by atoms with Crippen LogP contribution in [0.3, 0.4) is 0 Å². The van der Waals surface area contributed by atoms with Gasteiger partial charge in [0.15, 0.2) is 5.78 Å². The monoisotopic (exact) mass is 382 g/mol. The molecule has 0 bridgehead atoms. The van der Waals surface area contributed by atoms with E-state index in [-0.39, 0.29) is 12.2 Å². The van der Waals surface area contributed by atoms with Crippen molar-refractivity contribution >= 4 is 11.8 Å². The second-order valence-electron chi connectivity index (χ2n) is 6.71. The second-order valence-corrected chi connectivity index (χ2v) is 6.71. The van der Waals surface area contributed by atoms with E-state index in [2.05, 4.69) is 11.8 Å². The van der Waals surface area contributed by atoms with E-state index in [1.165, 1.54) is 7.11 Å². The number of ether oxygens (including phenoxy) is 2. The quantitative estimate of drug-likeness (QED) is 0.490. The van der Waals surface area contributed by atoms with Gasteiger partial charge in [-0.15, -0.1) is 0 Å². The zero-order chi connectivity index (χ0) is 20.3. The van der Waals surface area contributed by atoms with Crippen LogP contribution in [0.15, 0.2) is 78.9 Å². The molecule has 0 radical (unpaired) electrons. The highest BCUT2D eigenvalue weighted by Gasteiger charge is 2.47. The summed E-state index contributed by atoms with van der Waals surface area (Å²) in [5, 5.41) is 0. The van der Waals surface area contributed by atoms with Gasteiger partial charge in [0, 0.05) is 5.56 Å². The van der Waals surface area contributed by atoms with Gasteiger partial charge in [0.25, 0.3) is 5.60 Å². The number of Topliss-reactive ketones (excluding diaryl/α,β-unsaturated/α-hetero) is 1. The summed E-state index contributed by atoms with van der Waals surface area (Å²) < 4.78 is 11.0. The van der Waals surface area contributed by atoms with Crippen LogP contribution in [0.5, 0.6) is 5.75 Å². The van der Waals surface area contributed by atoms with E-state index >= 15 is 0 Å². The molecular formula is C25H18O4. The first-order chi connectivity index (χ1) is 14.1. The lowest BCUT2D eigenvalue weighted by Gasteiger charge is -2.31. The van der Waals surface area contributed by atoms with Crippen molar-refractivity contribution in [1.29, 1.82) is 0 Å². The molecule has 0 unspecified atom stereocenters. The molecule has 0 N–H and O–H groups in total. The number of fused-ring (bicyclic) bond motifs is 1. The fraction of sp³-hybridized carbons (Fsp3) is 0.120. The lowest BCUT2D eigenvalue weighted by molar-refractivity contribution is -0.154. The largest absolute Gasteiger partial charge is 0.465 e. The molecule has 0 saturated carbocycles. The van der Waals surface area contributed by atoms with Gasteiger partial charge >= 0.3 is 5.97 Å². The van der Waals surface area contributed by atoms with Crippen LogP contribution >= 0.6 is 0 Å². The van der Waals surface area contributed by atoms with Gasteiger partial charge in [-0.3, -0.25) is 4.79 Å². The fourth-order valence-electron chi connectivity index (χ4n) is 3.29. The molecule has 1 aliphatic heterocycles. The maximum absolute atomic E-state index is 12.8. The third kappa shape index (κ3) is 3.63. The van der Waals surface area contributed by atoms with E-state index in [9.17, 15) is 9.59 Å². The van der Waals surface area contributed by atoms with Crippen molar-refractivity contribution in [3.8, 4) is 28.7 Å². The summed E-state index contributed by atoms with van der Waals surface area (Å²) in [6.45, 7) is 0. The number of esters is 1. The van der Waals surface area contributed by atoms with Gasteiger partial charge in [0.05, 0.1) is 19.1 Å². The van der Waals surface area contributed by atoms with Crippen molar-refractivity contribution in [2.75, 3.05) is 7.11 Å². The van der Waals surface area contributed by atoms with Gasteiger partial charge in [-0.1, -0.05) is 60.5 Å². The first-order valence-electron chi connectivity index (χ1n) is 9.20. The van der Waals surface area contributed by atoms with Crippen LogP contribution < -0.4 is 4.74 Å². The van der Waals surface area contributed by atoms with Gasteiger partial charge in [-0.25, -0.2) is 4.79 Å². The summed E-state index contributed by atoms with van der Waals surface area (Å²) in [5.74, 6) is 5.23. The summed E-state index contributed by atoms with van der Waals surface area (Å²) in [4.78, 5) is 25.4. The van der Waals surface area contributed by atoms with E-state index in [1.807, 2.05) is 66.7 Å². The molecule has 1 heterocycles. The van der Waals surface area contributed by atoms with Gasteiger partial charge in [0.1, 0.15) is 5.75 Å². The molecule has 4 rings (SSSR count). The molecule has 3 aromatic carbocycles. The normalized spacial score (nSPS) is 17.3. The Bertz CT molecular complexity index is 1120. The maximum atomic E-state index is 12.8. The number of carbonyl (C=O) groups is 2. The van der Waals surface area contributed by atoms with Crippen molar-refractivity contribution in [1.82, 2.24) is 0 Å². The first-order valence-corrected chi connectivity index (χ1v) is 9.20. The van der Waals surface area contributed by atoms with E-state index in [0.29, 0.717) is 11.3 Å². The van der Waals surface area contributed by atoms with Crippen molar-refractivity contribution in [3.63, 3.8) is 0 Å². The average molecular weight is 382 g/mol. The van der Waals surface area contributed by atoms with Crippen molar-refractivity contribution in [3.05, 3.63) is 90.0 Å². The number of hydrogen-bond acceptors (Lipinski definition) is 4. The van der Waals surface area contributed by atoms with E-state index in [0.717, 1.165) is 16.7 Å². The van der Waals surface area contributed by atoms with Gasteiger partial charge in [-0.2, -0.15) is 0 Å². The molecule has 29 heavy (non-hydrogen) atoms. The molecule has 4 nitrogen and oxygen atoms in total. The standard InChI is InChI=1S/C25H18O4/c1-28-24(27)25(15-14-18-8-4-2-5-9-18)17-22(26)21-13-12-20(16-23(21)29-25)19-10-6-3-7-11-19/h2-13,16H,17H2,1H3/t25-/m0/s1. The van der Waals surface area contributed by atoms with Crippen LogP contribution in [0.25, 0.3) is 11.1 Å². The van der Waals surface area contributed by atoms with Crippen molar-refractivity contribution in [2.45, 2.75) is 12.0 Å². The summed E-state index contributed by atoms with van der Waals surface area (Å²) in [7, 11) is 1.26. The summed E-state index contributed by atoms with van der Waals surface area (Å²) in [5.41, 5.74) is 1.34. The molecule has 142 valence electrons. The Morgan fingerprint density at radius 1 is 0.966 bits per heavy atom. The second kappa shape index (κ2) is 7.65. The minimum absolute atomic E-state index is 0.197. The van der Waals surface area contributed by atoms with Crippen LogP contribution in [-0.2, 0) is 9.53 Å². The number of methoxy groups -OCH3 is 1. The Kier molecular flexibility index (Phi) is 4.88. The number of hydrogen-bond donors (Lipinski definition) is 0. The minimum Gasteiger partial charge on any atom is -0.465 e. The molecule has 1 aliphatic rings. The topological polar surface area (TPSA) is 52.6 Å². The summed E-state index contributed by atoms with van der Waals surface area (Å²) in [6.07, 6.45) is -0.197. The molecule has 0 spiro atoms. The molecule has 0 fully saturated rings. The van der Waals surface area contributed by atoms with E-state index in [1.54, 1.807) is 12.1 Å². The molecule has 0 saturated heterocycles. The van der Waals surface area contributed by atoms with Crippen LogP contribution in [0, 0.1) is 11.8 Å². The lowest BCUT2D eigenvalue weighted by Crippen LogP contribution is -2.48. The number of rotatable bonds is 2. The fourth-order valence-corrected chi connectivity index (χ4v) is 3.29. The van der Waals surface area contributed by atoms with Crippen molar-refractivity contribution in [2.24, 2.45) is 0 Å².